The van der Waals surface area contributed by atoms with Crippen molar-refractivity contribution in [1.29, 1.82) is 5.26 Å². The maximum Gasteiger partial charge on any atom is 0.234 e. The summed E-state index contributed by atoms with van der Waals surface area (Å²) in [6.07, 6.45) is 0. The number of aromatic nitrogens is 2. The molecule has 118 valence electrons. The van der Waals surface area contributed by atoms with E-state index in [0.29, 0.717) is 24.5 Å². The first-order chi connectivity index (χ1) is 10.6. The molecular formula is C15H22N6O. The minimum Gasteiger partial charge on any atom is -0.355 e. The number of amides is 1. The minimum atomic E-state index is 0.0552. The average molecular weight is 302 g/mol. The van der Waals surface area contributed by atoms with E-state index in [1.165, 1.54) is 0 Å². The molecule has 0 aliphatic carbocycles. The maximum atomic E-state index is 11.6. The highest BCUT2D eigenvalue weighted by atomic mass is 16.2. The van der Waals surface area contributed by atoms with E-state index in [2.05, 4.69) is 31.4 Å². The number of likely N-dealkylation sites (N-methyl/N-ethyl adjacent to an activating group) is 1. The molecule has 0 saturated carbocycles. The number of hydrogen-bond donors (Lipinski definition) is 1. The number of aryl methyl sites for hydroxylation is 1. The summed E-state index contributed by atoms with van der Waals surface area (Å²) in [5.41, 5.74) is 2.28. The molecule has 1 aliphatic heterocycles. The summed E-state index contributed by atoms with van der Waals surface area (Å²) in [5, 5.41) is 20.5. The van der Waals surface area contributed by atoms with E-state index in [9.17, 15) is 10.1 Å². The van der Waals surface area contributed by atoms with Gasteiger partial charge in [0.2, 0.25) is 5.91 Å². The van der Waals surface area contributed by atoms with Crippen LogP contribution in [0.15, 0.2) is 0 Å². The van der Waals surface area contributed by atoms with Gasteiger partial charge in [-0.2, -0.15) is 10.4 Å². The largest absolute Gasteiger partial charge is 0.355 e. The van der Waals surface area contributed by atoms with Gasteiger partial charge in [0.05, 0.1) is 12.2 Å². The number of nitrogens with zero attached hydrogens (tertiary/aromatic N) is 5. The smallest absolute Gasteiger partial charge is 0.234 e. The molecule has 1 aromatic heterocycles. The Kier molecular flexibility index (Phi) is 5.28. The molecule has 7 heteroatoms. The van der Waals surface area contributed by atoms with E-state index in [-0.39, 0.29) is 5.91 Å². The van der Waals surface area contributed by atoms with Crippen LogP contribution in [0.25, 0.3) is 0 Å². The maximum absolute atomic E-state index is 11.6. The van der Waals surface area contributed by atoms with Crippen molar-refractivity contribution >= 4 is 11.7 Å². The topological polar surface area (TPSA) is 85.2 Å². The lowest BCUT2D eigenvalue weighted by atomic mass is 10.1. The second-order valence-corrected chi connectivity index (χ2v) is 5.44. The lowest BCUT2D eigenvalue weighted by Crippen LogP contribution is -2.50. The molecule has 1 aromatic rings. The monoisotopic (exact) mass is 302 g/mol. The average Bonchev–Trinajstić information content (AvgIpc) is 2.51. The van der Waals surface area contributed by atoms with Crippen LogP contribution in [0.2, 0.25) is 0 Å². The van der Waals surface area contributed by atoms with Gasteiger partial charge >= 0.3 is 0 Å². The van der Waals surface area contributed by atoms with Crippen molar-refractivity contribution in [3.8, 4) is 6.07 Å². The third kappa shape index (κ3) is 3.52. The molecule has 1 N–H and O–H groups in total. The van der Waals surface area contributed by atoms with Gasteiger partial charge in [-0.3, -0.25) is 9.69 Å². The fraction of sp³-hybridized carbons (Fsp3) is 0.600. The van der Waals surface area contributed by atoms with Crippen LogP contribution in [-0.4, -0.2) is 60.3 Å². The quantitative estimate of drug-likeness (QED) is 0.856. The Morgan fingerprint density at radius 3 is 2.55 bits per heavy atom. The molecule has 1 amide bonds. The molecule has 0 unspecified atom stereocenters. The highest BCUT2D eigenvalue weighted by Gasteiger charge is 2.23. The highest BCUT2D eigenvalue weighted by Crippen LogP contribution is 2.22. The first-order valence-electron chi connectivity index (χ1n) is 7.54. The summed E-state index contributed by atoms with van der Waals surface area (Å²) in [7, 11) is 0. The van der Waals surface area contributed by atoms with Crippen molar-refractivity contribution in [2.75, 3.05) is 44.2 Å². The molecule has 0 bridgehead atoms. The fourth-order valence-corrected chi connectivity index (χ4v) is 2.53. The van der Waals surface area contributed by atoms with E-state index in [0.717, 1.165) is 37.4 Å². The summed E-state index contributed by atoms with van der Waals surface area (Å²) in [6.45, 7) is 9.78. The highest BCUT2D eigenvalue weighted by molar-refractivity contribution is 5.78. The second kappa shape index (κ2) is 7.18. The Labute approximate surface area is 130 Å². The Balaban J connectivity index is 2.02. The summed E-state index contributed by atoms with van der Waals surface area (Å²) < 4.78 is 0. The molecule has 1 aliphatic rings. The van der Waals surface area contributed by atoms with Gasteiger partial charge in [0.25, 0.3) is 0 Å². The SMILES string of the molecule is CCNC(=O)CN1CCN(c2nnc(C)c(C)c2C#N)CC1. The molecule has 7 nitrogen and oxygen atoms in total. The number of nitriles is 1. The van der Waals surface area contributed by atoms with Crippen LogP contribution >= 0.6 is 0 Å². The molecule has 0 aromatic carbocycles. The third-order valence-corrected chi connectivity index (χ3v) is 3.96. The Bertz CT molecular complexity index is 586. The lowest BCUT2D eigenvalue weighted by Gasteiger charge is -2.35. The van der Waals surface area contributed by atoms with Crippen LogP contribution < -0.4 is 10.2 Å². The van der Waals surface area contributed by atoms with Gasteiger partial charge < -0.3 is 10.2 Å². The van der Waals surface area contributed by atoms with Gasteiger partial charge in [0, 0.05) is 32.7 Å². The summed E-state index contributed by atoms with van der Waals surface area (Å²) in [6, 6.07) is 2.24. The minimum absolute atomic E-state index is 0.0552. The lowest BCUT2D eigenvalue weighted by molar-refractivity contribution is -0.122. The van der Waals surface area contributed by atoms with Crippen molar-refractivity contribution in [1.82, 2.24) is 20.4 Å². The number of rotatable bonds is 4. The van der Waals surface area contributed by atoms with E-state index in [1.54, 1.807) is 0 Å². The van der Waals surface area contributed by atoms with Crippen molar-refractivity contribution in [3.05, 3.63) is 16.8 Å². The van der Waals surface area contributed by atoms with Gasteiger partial charge in [-0.05, 0) is 26.3 Å². The molecule has 1 saturated heterocycles. The van der Waals surface area contributed by atoms with Gasteiger partial charge in [-0.15, -0.1) is 5.10 Å². The van der Waals surface area contributed by atoms with Crippen LogP contribution in [0, 0.1) is 25.2 Å². The zero-order chi connectivity index (χ0) is 16.1. The number of piperazine rings is 1. The Morgan fingerprint density at radius 1 is 1.27 bits per heavy atom. The molecule has 2 heterocycles. The van der Waals surface area contributed by atoms with E-state index < -0.39 is 0 Å². The molecular weight excluding hydrogens is 280 g/mol. The zero-order valence-corrected chi connectivity index (χ0v) is 13.4. The van der Waals surface area contributed by atoms with Crippen LogP contribution in [-0.2, 0) is 4.79 Å². The van der Waals surface area contributed by atoms with Crippen molar-refractivity contribution < 1.29 is 4.79 Å². The first kappa shape index (κ1) is 16.2. The number of nitrogens with one attached hydrogen (secondary N) is 1. The Morgan fingerprint density at radius 2 is 1.95 bits per heavy atom. The van der Waals surface area contributed by atoms with E-state index in [4.69, 9.17) is 0 Å². The zero-order valence-electron chi connectivity index (χ0n) is 13.4. The number of anilines is 1. The summed E-state index contributed by atoms with van der Waals surface area (Å²) in [5.74, 6) is 0.711. The van der Waals surface area contributed by atoms with Crippen LogP contribution in [0.5, 0.6) is 0 Å². The summed E-state index contributed by atoms with van der Waals surface area (Å²) >= 11 is 0. The molecule has 1 fully saturated rings. The fourth-order valence-electron chi connectivity index (χ4n) is 2.53. The number of carbonyl (C=O) groups is 1. The predicted octanol–water partition coefficient (Wildman–Crippen LogP) is 0.223. The summed E-state index contributed by atoms with van der Waals surface area (Å²) in [4.78, 5) is 15.8. The van der Waals surface area contributed by atoms with E-state index >= 15 is 0 Å². The third-order valence-electron chi connectivity index (χ3n) is 3.96. The second-order valence-electron chi connectivity index (χ2n) is 5.44. The van der Waals surface area contributed by atoms with Crippen molar-refractivity contribution in [3.63, 3.8) is 0 Å². The Hall–Kier alpha value is -2.20. The van der Waals surface area contributed by atoms with Crippen LogP contribution in [0.4, 0.5) is 5.82 Å². The molecule has 22 heavy (non-hydrogen) atoms. The van der Waals surface area contributed by atoms with Crippen molar-refractivity contribution in [2.45, 2.75) is 20.8 Å². The van der Waals surface area contributed by atoms with Crippen LogP contribution in [0.1, 0.15) is 23.7 Å². The van der Waals surface area contributed by atoms with E-state index in [1.807, 2.05) is 20.8 Å². The van der Waals surface area contributed by atoms with Crippen molar-refractivity contribution in [2.24, 2.45) is 0 Å². The number of carbonyl (C=O) groups excluding carboxylic acids is 1. The molecule has 0 atom stereocenters. The molecule has 0 spiro atoms. The molecule has 2 rings (SSSR count). The van der Waals surface area contributed by atoms with Gasteiger partial charge in [0.15, 0.2) is 5.82 Å². The number of hydrogen-bond acceptors (Lipinski definition) is 6. The molecule has 0 radical (unpaired) electrons. The first-order valence-corrected chi connectivity index (χ1v) is 7.54. The van der Waals surface area contributed by atoms with Crippen LogP contribution in [0.3, 0.4) is 0 Å². The van der Waals surface area contributed by atoms with Gasteiger partial charge in [-0.1, -0.05) is 0 Å². The predicted molar refractivity (Wildman–Crippen MR) is 83.6 cm³/mol. The normalized spacial score (nSPS) is 15.5. The van der Waals surface area contributed by atoms with Gasteiger partial charge in [0.1, 0.15) is 11.6 Å². The van der Waals surface area contributed by atoms with Gasteiger partial charge in [-0.25, -0.2) is 0 Å². The standard InChI is InChI=1S/C15H22N6O/c1-4-17-14(22)10-20-5-7-21(8-6-20)15-13(9-16)11(2)12(3)18-19-15/h4-8,10H2,1-3H3,(H,17,22).